The summed E-state index contributed by atoms with van der Waals surface area (Å²) in [5.74, 6) is -0.0397. The maximum atomic E-state index is 15.0. The average molecular weight is 426 g/mol. The molecule has 1 aromatic heterocycles. The molecule has 160 valence electrons. The summed E-state index contributed by atoms with van der Waals surface area (Å²) in [5.41, 5.74) is 9.35. The van der Waals surface area contributed by atoms with Gasteiger partial charge < -0.3 is 11.1 Å². The van der Waals surface area contributed by atoms with Crippen molar-refractivity contribution < 1.29 is 4.39 Å². The van der Waals surface area contributed by atoms with E-state index in [2.05, 4.69) is 44.9 Å². The molecule has 0 radical (unpaired) electrons. The highest BCUT2D eigenvalue weighted by atomic mass is 19.1. The van der Waals surface area contributed by atoms with E-state index >= 15 is 4.39 Å². The Hall–Kier alpha value is -4.00. The van der Waals surface area contributed by atoms with E-state index in [4.69, 9.17) is 5.73 Å². The molecular formula is C25H23FN6. The maximum Gasteiger partial charge on any atom is 0.146 e. The van der Waals surface area contributed by atoms with Gasteiger partial charge >= 0.3 is 0 Å². The lowest BCUT2D eigenvalue weighted by atomic mass is 9.90. The Labute approximate surface area is 185 Å². The molecule has 3 aromatic carbocycles. The van der Waals surface area contributed by atoms with Crippen molar-refractivity contribution in [1.82, 2.24) is 15.0 Å². The molecule has 1 aliphatic rings. The van der Waals surface area contributed by atoms with E-state index in [0.717, 1.165) is 16.8 Å². The number of nitrogens with one attached hydrogen (secondary N) is 1. The van der Waals surface area contributed by atoms with Gasteiger partial charge in [-0.05, 0) is 36.2 Å². The van der Waals surface area contributed by atoms with Crippen molar-refractivity contribution in [3.63, 3.8) is 0 Å². The molecule has 6 nitrogen and oxygen atoms in total. The van der Waals surface area contributed by atoms with Crippen LogP contribution in [-0.4, -0.2) is 20.8 Å². The minimum Gasteiger partial charge on any atom is -0.382 e. The first-order valence-corrected chi connectivity index (χ1v) is 10.4. The fourth-order valence-electron chi connectivity index (χ4n) is 4.21. The zero-order chi connectivity index (χ0) is 22.1. The number of hydrogen-bond donors (Lipinski definition) is 2. The number of benzene rings is 3. The SMILES string of the molecule is C[C@@]1(c2cc(NC(c3ccccc3)c3ccccc3)ccc2F)Cn2nncc2C(N)=N1. The Kier molecular flexibility index (Phi) is 4.93. The molecule has 32 heavy (non-hydrogen) atoms. The summed E-state index contributed by atoms with van der Waals surface area (Å²) in [4.78, 5) is 4.62. The van der Waals surface area contributed by atoms with E-state index in [1.54, 1.807) is 16.9 Å². The molecule has 2 heterocycles. The Morgan fingerprint density at radius 1 is 1.00 bits per heavy atom. The van der Waals surface area contributed by atoms with E-state index in [1.807, 2.05) is 49.4 Å². The van der Waals surface area contributed by atoms with Gasteiger partial charge in [0.1, 0.15) is 22.9 Å². The van der Waals surface area contributed by atoms with Crippen LogP contribution in [0.5, 0.6) is 0 Å². The van der Waals surface area contributed by atoms with Gasteiger partial charge in [-0.1, -0.05) is 65.9 Å². The third kappa shape index (κ3) is 3.62. The van der Waals surface area contributed by atoms with Gasteiger partial charge in [-0.25, -0.2) is 9.07 Å². The second-order valence-electron chi connectivity index (χ2n) is 8.14. The van der Waals surface area contributed by atoms with Crippen molar-refractivity contribution in [1.29, 1.82) is 0 Å². The molecule has 0 bridgehead atoms. The second-order valence-corrected chi connectivity index (χ2v) is 8.14. The van der Waals surface area contributed by atoms with Gasteiger partial charge in [-0.3, -0.25) is 4.99 Å². The van der Waals surface area contributed by atoms with Crippen LogP contribution in [0.25, 0.3) is 0 Å². The summed E-state index contributed by atoms with van der Waals surface area (Å²) >= 11 is 0. The lowest BCUT2D eigenvalue weighted by Crippen LogP contribution is -2.37. The Morgan fingerprint density at radius 3 is 2.31 bits per heavy atom. The molecule has 4 aromatic rings. The van der Waals surface area contributed by atoms with E-state index in [-0.39, 0.29) is 11.9 Å². The monoisotopic (exact) mass is 426 g/mol. The van der Waals surface area contributed by atoms with Gasteiger partial charge in [0.25, 0.3) is 0 Å². The number of fused-ring (bicyclic) bond motifs is 1. The van der Waals surface area contributed by atoms with Gasteiger partial charge in [0.2, 0.25) is 0 Å². The second kappa shape index (κ2) is 7.92. The third-order valence-electron chi connectivity index (χ3n) is 5.83. The summed E-state index contributed by atoms with van der Waals surface area (Å²) in [7, 11) is 0. The molecule has 0 fully saturated rings. The smallest absolute Gasteiger partial charge is 0.146 e. The number of rotatable bonds is 5. The number of anilines is 1. The largest absolute Gasteiger partial charge is 0.382 e. The lowest BCUT2D eigenvalue weighted by molar-refractivity contribution is 0.359. The first-order valence-electron chi connectivity index (χ1n) is 10.4. The fraction of sp³-hybridized carbons (Fsp3) is 0.160. The van der Waals surface area contributed by atoms with Crippen molar-refractivity contribution in [2.24, 2.45) is 10.7 Å². The molecule has 3 N–H and O–H groups in total. The Bertz CT molecular complexity index is 1230. The van der Waals surface area contributed by atoms with Crippen molar-refractivity contribution >= 4 is 11.5 Å². The minimum absolute atomic E-state index is 0.0923. The van der Waals surface area contributed by atoms with Crippen LogP contribution in [0.4, 0.5) is 10.1 Å². The van der Waals surface area contributed by atoms with Crippen LogP contribution >= 0.6 is 0 Å². The number of nitrogens with zero attached hydrogens (tertiary/aromatic N) is 4. The average Bonchev–Trinajstić information content (AvgIpc) is 3.28. The molecule has 0 amide bonds. The van der Waals surface area contributed by atoms with Crippen LogP contribution < -0.4 is 11.1 Å². The standard InChI is InChI=1S/C25H23FN6/c1-25(16-32-22(15-28-31-32)24(27)30-25)20-14-19(12-13-21(20)26)29-23(17-8-4-2-5-9-17)18-10-6-3-7-11-18/h2-15,23,29H,16H2,1H3,(H2,27,30)/t25-/m0/s1. The number of hydrogen-bond acceptors (Lipinski definition) is 5. The van der Waals surface area contributed by atoms with Crippen LogP contribution in [-0.2, 0) is 12.1 Å². The third-order valence-corrected chi connectivity index (χ3v) is 5.83. The molecule has 1 aliphatic heterocycles. The summed E-state index contributed by atoms with van der Waals surface area (Å²) in [6.07, 6.45) is 1.57. The van der Waals surface area contributed by atoms with Crippen molar-refractivity contribution in [2.45, 2.75) is 25.0 Å². The molecule has 0 saturated carbocycles. The van der Waals surface area contributed by atoms with Crippen molar-refractivity contribution in [3.05, 3.63) is 113 Å². The van der Waals surface area contributed by atoms with Gasteiger partial charge in [-0.15, -0.1) is 5.10 Å². The van der Waals surface area contributed by atoms with Crippen LogP contribution in [0.2, 0.25) is 0 Å². The topological polar surface area (TPSA) is 81.1 Å². The van der Waals surface area contributed by atoms with Crippen LogP contribution in [0, 0.1) is 5.82 Å². The zero-order valence-electron chi connectivity index (χ0n) is 17.6. The number of nitrogens with two attached hydrogens (primary N) is 1. The van der Waals surface area contributed by atoms with E-state index < -0.39 is 5.54 Å². The van der Waals surface area contributed by atoms with Crippen molar-refractivity contribution in [3.8, 4) is 0 Å². The number of aliphatic imine (C=N–C) groups is 1. The molecule has 0 aliphatic carbocycles. The molecule has 0 saturated heterocycles. The molecular weight excluding hydrogens is 403 g/mol. The molecule has 5 rings (SSSR count). The van der Waals surface area contributed by atoms with Crippen LogP contribution in [0.3, 0.4) is 0 Å². The van der Waals surface area contributed by atoms with Gasteiger partial charge in [0, 0.05) is 11.3 Å². The highest BCUT2D eigenvalue weighted by Crippen LogP contribution is 2.35. The minimum atomic E-state index is -0.901. The molecule has 7 heteroatoms. The predicted molar refractivity (Wildman–Crippen MR) is 123 cm³/mol. The van der Waals surface area contributed by atoms with Crippen LogP contribution in [0.15, 0.2) is 90.1 Å². The molecule has 0 unspecified atom stereocenters. The summed E-state index contributed by atoms with van der Waals surface area (Å²) < 4.78 is 16.7. The summed E-state index contributed by atoms with van der Waals surface area (Å²) in [6.45, 7) is 2.21. The Morgan fingerprint density at radius 2 is 1.66 bits per heavy atom. The normalized spacial score (nSPS) is 17.7. The summed E-state index contributed by atoms with van der Waals surface area (Å²) in [5, 5.41) is 11.6. The Balaban J connectivity index is 1.53. The lowest BCUT2D eigenvalue weighted by Gasteiger charge is -2.31. The molecule has 1 atom stereocenters. The molecule has 0 spiro atoms. The quantitative estimate of drug-likeness (QED) is 0.500. The van der Waals surface area contributed by atoms with E-state index in [9.17, 15) is 0 Å². The van der Waals surface area contributed by atoms with Gasteiger partial charge in [0.15, 0.2) is 0 Å². The van der Waals surface area contributed by atoms with Gasteiger partial charge in [-0.2, -0.15) is 0 Å². The first kappa shape index (κ1) is 19.9. The zero-order valence-corrected chi connectivity index (χ0v) is 17.6. The van der Waals surface area contributed by atoms with Gasteiger partial charge in [0.05, 0.1) is 18.8 Å². The first-order chi connectivity index (χ1) is 15.5. The number of halogens is 1. The predicted octanol–water partition coefficient (Wildman–Crippen LogP) is 4.25. The fourth-order valence-corrected chi connectivity index (χ4v) is 4.21. The van der Waals surface area contributed by atoms with E-state index in [0.29, 0.717) is 23.6 Å². The van der Waals surface area contributed by atoms with Crippen molar-refractivity contribution in [2.75, 3.05) is 5.32 Å². The van der Waals surface area contributed by atoms with Crippen LogP contribution in [0.1, 0.15) is 35.3 Å². The van der Waals surface area contributed by atoms with E-state index in [1.165, 1.54) is 6.07 Å². The summed E-state index contributed by atoms with van der Waals surface area (Å²) in [6, 6.07) is 25.3. The highest BCUT2D eigenvalue weighted by Gasteiger charge is 2.35. The number of amidine groups is 1. The number of aromatic nitrogens is 3. The maximum absolute atomic E-state index is 15.0. The highest BCUT2D eigenvalue weighted by molar-refractivity contribution is 5.96.